The van der Waals surface area contributed by atoms with Gasteiger partial charge in [0.25, 0.3) is 0 Å². The van der Waals surface area contributed by atoms with Crippen LogP contribution < -0.4 is 0 Å². The maximum absolute atomic E-state index is 12.8. The second kappa shape index (κ2) is 5.37. The molecule has 1 saturated carbocycles. The summed E-state index contributed by atoms with van der Waals surface area (Å²) in [6, 6.07) is 5.68. The average Bonchev–Trinajstić information content (AvgIpc) is 2.37. The molecule has 0 aliphatic heterocycles. The summed E-state index contributed by atoms with van der Waals surface area (Å²) in [5, 5.41) is 10.0. The highest BCUT2D eigenvalue weighted by Crippen LogP contribution is 2.38. The molecule has 1 aromatic carbocycles. The van der Waals surface area contributed by atoms with Gasteiger partial charge in [0.15, 0.2) is 0 Å². The Kier molecular flexibility index (Phi) is 4.12. The number of hydrogen-bond donors (Lipinski definition) is 1. The van der Waals surface area contributed by atoms with Gasteiger partial charge in [-0.1, -0.05) is 18.2 Å². The van der Waals surface area contributed by atoms with Gasteiger partial charge in [0.05, 0.1) is 19.7 Å². The molecule has 2 unspecified atom stereocenters. The second-order valence-electron chi connectivity index (χ2n) is 6.12. The van der Waals surface area contributed by atoms with E-state index < -0.39 is 11.7 Å². The van der Waals surface area contributed by atoms with Crippen LogP contribution in [0.3, 0.4) is 0 Å². The maximum atomic E-state index is 12.8. The summed E-state index contributed by atoms with van der Waals surface area (Å²) in [6.45, 7) is 0. The predicted octanol–water partition coefficient (Wildman–Crippen LogP) is 4.20. The predicted molar refractivity (Wildman–Crippen MR) is 70.3 cm³/mol. The third-order valence-electron chi connectivity index (χ3n) is 4.23. The van der Waals surface area contributed by atoms with Crippen molar-refractivity contribution in [3.8, 4) is 0 Å². The number of alkyl halides is 3. The fourth-order valence-corrected chi connectivity index (χ4v) is 3.01. The maximum Gasteiger partial charge on any atom is 0.416 e. The lowest BCUT2D eigenvalue weighted by Crippen LogP contribution is -2.47. The van der Waals surface area contributed by atoms with Crippen molar-refractivity contribution in [1.82, 2.24) is 0 Å². The van der Waals surface area contributed by atoms with Crippen LogP contribution in [-0.2, 0) is 6.18 Å². The van der Waals surface area contributed by atoms with Crippen molar-refractivity contribution in [2.45, 2.75) is 43.8 Å². The van der Waals surface area contributed by atoms with Gasteiger partial charge in [0, 0.05) is 12.8 Å². The SMILES string of the molecule is C[N+](C)(O)C1CCCC(c2cccc(C(F)(F)F)c2)C1. The molecule has 2 rings (SSSR count). The van der Waals surface area contributed by atoms with Crippen molar-refractivity contribution in [3.05, 3.63) is 35.4 Å². The minimum absolute atomic E-state index is 0.0864. The van der Waals surface area contributed by atoms with E-state index in [2.05, 4.69) is 0 Å². The highest BCUT2D eigenvalue weighted by atomic mass is 19.4. The minimum atomic E-state index is -4.30. The molecule has 0 bridgehead atoms. The van der Waals surface area contributed by atoms with Gasteiger partial charge in [0.1, 0.15) is 6.04 Å². The van der Waals surface area contributed by atoms with Crippen LogP contribution in [0, 0.1) is 0 Å². The molecule has 2 atom stereocenters. The molecule has 1 N–H and O–H groups in total. The van der Waals surface area contributed by atoms with Gasteiger partial charge in [-0.15, -0.1) is 0 Å². The van der Waals surface area contributed by atoms with Crippen LogP contribution in [0.5, 0.6) is 0 Å². The fourth-order valence-electron chi connectivity index (χ4n) is 3.01. The quantitative estimate of drug-likeness (QED) is 0.639. The Bertz CT molecular complexity index is 465. The lowest BCUT2D eigenvalue weighted by Gasteiger charge is -2.36. The summed E-state index contributed by atoms with van der Waals surface area (Å²) >= 11 is 0. The molecule has 0 aromatic heterocycles. The first-order chi connectivity index (χ1) is 9.18. The normalized spacial score (nSPS) is 24.7. The van der Waals surface area contributed by atoms with Crippen LogP contribution in [0.2, 0.25) is 0 Å². The molecule has 1 aliphatic carbocycles. The van der Waals surface area contributed by atoms with E-state index >= 15 is 0 Å². The smallest absolute Gasteiger partial charge is 0.217 e. The van der Waals surface area contributed by atoms with Gasteiger partial charge in [-0.05, 0) is 30.4 Å². The van der Waals surface area contributed by atoms with Gasteiger partial charge in [-0.25, -0.2) is 5.21 Å². The van der Waals surface area contributed by atoms with E-state index in [1.807, 2.05) is 0 Å². The van der Waals surface area contributed by atoms with Crippen molar-refractivity contribution in [2.24, 2.45) is 0 Å². The highest BCUT2D eigenvalue weighted by Gasteiger charge is 2.35. The molecular weight excluding hydrogens is 267 g/mol. The molecule has 0 spiro atoms. The van der Waals surface area contributed by atoms with E-state index in [1.165, 1.54) is 12.1 Å². The first-order valence-electron chi connectivity index (χ1n) is 6.91. The van der Waals surface area contributed by atoms with E-state index in [4.69, 9.17) is 0 Å². The standard InChI is InChI=1S/C15H21F3NO/c1-19(2,20)14-8-4-6-12(10-14)11-5-3-7-13(9-11)15(16,17)18/h3,5,7,9,12,14,20H,4,6,8,10H2,1-2H3/q+1. The molecule has 1 aromatic rings. The minimum Gasteiger partial charge on any atom is -0.217 e. The summed E-state index contributed by atoms with van der Waals surface area (Å²) in [4.78, 5) is 0. The molecule has 5 heteroatoms. The topological polar surface area (TPSA) is 20.2 Å². The molecule has 0 amide bonds. The molecule has 112 valence electrons. The molecule has 1 aliphatic rings. The highest BCUT2D eigenvalue weighted by molar-refractivity contribution is 5.28. The number of rotatable bonds is 2. The van der Waals surface area contributed by atoms with Crippen molar-refractivity contribution in [1.29, 1.82) is 0 Å². The second-order valence-corrected chi connectivity index (χ2v) is 6.12. The summed E-state index contributed by atoms with van der Waals surface area (Å²) in [5.41, 5.74) is 0.146. The number of hydrogen-bond acceptors (Lipinski definition) is 1. The average molecular weight is 288 g/mol. The fraction of sp³-hybridized carbons (Fsp3) is 0.600. The molecule has 20 heavy (non-hydrogen) atoms. The third kappa shape index (κ3) is 3.52. The van der Waals surface area contributed by atoms with Crippen molar-refractivity contribution in [2.75, 3.05) is 14.1 Å². The van der Waals surface area contributed by atoms with Crippen LogP contribution in [0.1, 0.15) is 42.7 Å². The Morgan fingerprint density at radius 2 is 1.90 bits per heavy atom. The van der Waals surface area contributed by atoms with E-state index in [0.717, 1.165) is 37.3 Å². The molecule has 2 nitrogen and oxygen atoms in total. The third-order valence-corrected chi connectivity index (χ3v) is 4.23. The summed E-state index contributed by atoms with van der Waals surface area (Å²) in [6.07, 6.45) is -0.828. The number of benzene rings is 1. The van der Waals surface area contributed by atoms with E-state index in [-0.39, 0.29) is 16.6 Å². The lowest BCUT2D eigenvalue weighted by molar-refractivity contribution is -1.09. The van der Waals surface area contributed by atoms with Gasteiger partial charge in [-0.2, -0.15) is 17.8 Å². The lowest BCUT2D eigenvalue weighted by atomic mass is 9.80. The Morgan fingerprint density at radius 1 is 1.20 bits per heavy atom. The van der Waals surface area contributed by atoms with Gasteiger partial charge >= 0.3 is 6.18 Å². The zero-order valence-electron chi connectivity index (χ0n) is 11.8. The van der Waals surface area contributed by atoms with Gasteiger partial charge in [-0.3, -0.25) is 0 Å². The molecule has 0 radical (unpaired) electrons. The van der Waals surface area contributed by atoms with Crippen LogP contribution in [-0.4, -0.2) is 30.0 Å². The monoisotopic (exact) mass is 288 g/mol. The molecule has 0 saturated heterocycles. The van der Waals surface area contributed by atoms with E-state index in [9.17, 15) is 18.4 Å². The summed E-state index contributed by atoms with van der Waals surface area (Å²) in [7, 11) is 3.44. The van der Waals surface area contributed by atoms with Gasteiger partial charge < -0.3 is 0 Å². The Morgan fingerprint density at radius 3 is 2.50 bits per heavy atom. The van der Waals surface area contributed by atoms with Crippen molar-refractivity contribution in [3.63, 3.8) is 0 Å². The zero-order valence-corrected chi connectivity index (χ0v) is 11.8. The Hall–Kier alpha value is -1.07. The zero-order chi connectivity index (χ0) is 15.0. The Balaban J connectivity index is 2.19. The van der Waals surface area contributed by atoms with E-state index in [1.54, 1.807) is 20.2 Å². The molecule has 1 fully saturated rings. The summed E-state index contributed by atoms with van der Waals surface area (Å²) in [5.74, 6) is 0.0978. The van der Waals surface area contributed by atoms with Gasteiger partial charge in [0.2, 0.25) is 0 Å². The van der Waals surface area contributed by atoms with Crippen molar-refractivity contribution < 1.29 is 23.0 Å². The van der Waals surface area contributed by atoms with Crippen LogP contribution in [0.25, 0.3) is 0 Å². The van der Waals surface area contributed by atoms with E-state index in [0.29, 0.717) is 0 Å². The van der Waals surface area contributed by atoms with Crippen molar-refractivity contribution >= 4 is 0 Å². The van der Waals surface area contributed by atoms with Crippen LogP contribution >= 0.6 is 0 Å². The molecular formula is C15H21F3NO+. The number of halogens is 3. The molecule has 0 heterocycles. The Labute approximate surface area is 117 Å². The van der Waals surface area contributed by atoms with Crippen LogP contribution in [0.4, 0.5) is 13.2 Å². The first-order valence-corrected chi connectivity index (χ1v) is 6.91. The number of quaternary nitrogens is 1. The number of nitrogens with zero attached hydrogens (tertiary/aromatic N) is 1. The first kappa shape index (κ1) is 15.3. The summed E-state index contributed by atoms with van der Waals surface area (Å²) < 4.78 is 38.2. The number of hydroxylamine groups is 3. The largest absolute Gasteiger partial charge is 0.416 e. The van der Waals surface area contributed by atoms with Crippen LogP contribution in [0.15, 0.2) is 24.3 Å².